The Morgan fingerprint density at radius 2 is 0.435 bits per heavy atom. The maximum Gasteiger partial charge on any atom is 0.864 e. The van der Waals surface area contributed by atoms with E-state index in [0.717, 1.165) is 0 Å². The largest absolute Gasteiger partial charge is 0.864 e. The monoisotopic (exact) mass is 710 g/mol. The Hall–Kier alpha value is -4.35. The molecule has 0 aliphatic heterocycles. The average molecular weight is 710 g/mol. The minimum atomic E-state index is -6.26. The Labute approximate surface area is 236 Å². The first-order chi connectivity index (χ1) is 20.7. The van der Waals surface area contributed by atoms with Crippen LogP contribution in [-0.4, -0.2) is 7.32 Å². The van der Waals surface area contributed by atoms with E-state index in [2.05, 4.69) is 14.0 Å². The van der Waals surface area contributed by atoms with E-state index < -0.39 is 130 Å². The number of alkyl halides is 9. The summed E-state index contributed by atoms with van der Waals surface area (Å²) in [5.74, 6) is -49.6. The predicted molar refractivity (Wildman–Crippen MR) is 101 cm³/mol. The van der Waals surface area contributed by atoms with Gasteiger partial charge in [-0.2, -0.15) is 65.9 Å². The summed E-state index contributed by atoms with van der Waals surface area (Å²) < 4.78 is 296. The van der Waals surface area contributed by atoms with Gasteiger partial charge >= 0.3 is 25.9 Å². The topological polar surface area (TPSA) is 27.7 Å². The summed E-state index contributed by atoms with van der Waals surface area (Å²) in [5, 5.41) is 0. The molecule has 0 unspecified atom stereocenters. The zero-order chi connectivity index (χ0) is 35.6. The van der Waals surface area contributed by atoms with Crippen molar-refractivity contribution in [3.63, 3.8) is 0 Å². The SMILES string of the molecule is Fc1c(F)c(C(F)(F)F)c(F)c(F)c1OB(Oc1c(F)c(F)c(C(F)(F)F)c(F)c1F)Oc1c(F)c(F)c(C(F)(F)F)c(F)c1F. The fraction of sp³-hybridized carbons (Fsp3) is 0.143. The summed E-state index contributed by atoms with van der Waals surface area (Å²) in [4.78, 5) is 0. The Bertz CT molecular complexity index is 1430. The van der Waals surface area contributed by atoms with Crippen LogP contribution in [0.5, 0.6) is 17.2 Å². The molecule has 0 atom stereocenters. The summed E-state index contributed by atoms with van der Waals surface area (Å²) in [7, 11) is -4.28. The molecule has 0 aromatic heterocycles. The number of benzene rings is 3. The van der Waals surface area contributed by atoms with Crippen LogP contribution in [0.3, 0.4) is 0 Å². The molecule has 0 spiro atoms. The quantitative estimate of drug-likeness (QED) is 0.145. The van der Waals surface area contributed by atoms with Crippen molar-refractivity contribution in [2.75, 3.05) is 0 Å². The summed E-state index contributed by atoms with van der Waals surface area (Å²) in [5.41, 5.74) is -10.1. The Morgan fingerprint density at radius 1 is 0.283 bits per heavy atom. The van der Waals surface area contributed by atoms with Crippen LogP contribution in [0.2, 0.25) is 0 Å². The smallest absolute Gasteiger partial charge is 0.484 e. The lowest BCUT2D eigenvalue weighted by molar-refractivity contribution is -0.144. The Balaban J connectivity index is 2.32. The van der Waals surface area contributed by atoms with Crippen molar-refractivity contribution in [1.82, 2.24) is 0 Å². The lowest BCUT2D eigenvalue weighted by Gasteiger charge is -2.21. The van der Waals surface area contributed by atoms with Crippen molar-refractivity contribution < 1.29 is 106 Å². The fourth-order valence-corrected chi connectivity index (χ4v) is 3.25. The second-order valence-corrected chi connectivity index (χ2v) is 8.02. The molecule has 3 nitrogen and oxygen atoms in total. The fourth-order valence-electron chi connectivity index (χ4n) is 3.25. The molecular formula is C21BF21O3. The van der Waals surface area contributed by atoms with Crippen molar-refractivity contribution in [2.45, 2.75) is 18.5 Å². The molecule has 3 aromatic rings. The Morgan fingerprint density at radius 3 is 0.565 bits per heavy atom. The van der Waals surface area contributed by atoms with Gasteiger partial charge in [0.15, 0.2) is 52.2 Å². The zero-order valence-corrected chi connectivity index (χ0v) is 20.2. The first-order valence-electron chi connectivity index (χ1n) is 10.5. The van der Waals surface area contributed by atoms with E-state index in [0.29, 0.717) is 0 Å². The van der Waals surface area contributed by atoms with Crippen molar-refractivity contribution in [3.8, 4) is 17.2 Å². The van der Waals surface area contributed by atoms with E-state index in [4.69, 9.17) is 0 Å². The zero-order valence-electron chi connectivity index (χ0n) is 20.2. The number of hydrogen-bond acceptors (Lipinski definition) is 3. The van der Waals surface area contributed by atoms with Crippen LogP contribution in [0.4, 0.5) is 92.2 Å². The predicted octanol–water partition coefficient (Wildman–Crippen LogP) is 8.93. The van der Waals surface area contributed by atoms with Gasteiger partial charge in [0.1, 0.15) is 16.7 Å². The summed E-state index contributed by atoms with van der Waals surface area (Å²) in [6, 6.07) is 0. The number of rotatable bonds is 6. The number of hydrogen-bond donors (Lipinski definition) is 0. The molecule has 0 saturated carbocycles. The van der Waals surface area contributed by atoms with Crippen molar-refractivity contribution in [1.29, 1.82) is 0 Å². The van der Waals surface area contributed by atoms with Crippen molar-refractivity contribution in [3.05, 3.63) is 86.5 Å². The highest BCUT2D eigenvalue weighted by molar-refractivity contribution is 6.39. The molecule has 252 valence electrons. The van der Waals surface area contributed by atoms with Gasteiger partial charge in [0.2, 0.25) is 34.9 Å². The van der Waals surface area contributed by atoms with Gasteiger partial charge in [0.25, 0.3) is 0 Å². The van der Waals surface area contributed by atoms with E-state index in [1.54, 1.807) is 0 Å². The van der Waals surface area contributed by atoms with Crippen molar-refractivity contribution >= 4 is 7.32 Å². The van der Waals surface area contributed by atoms with Gasteiger partial charge in [-0.05, 0) is 0 Å². The van der Waals surface area contributed by atoms with Gasteiger partial charge in [-0.3, -0.25) is 0 Å². The molecule has 0 radical (unpaired) electrons. The minimum absolute atomic E-state index is 2.98. The molecule has 0 aliphatic carbocycles. The van der Waals surface area contributed by atoms with Crippen molar-refractivity contribution in [2.24, 2.45) is 0 Å². The molecule has 3 rings (SSSR count). The van der Waals surface area contributed by atoms with Gasteiger partial charge in [-0.25, -0.2) is 26.3 Å². The highest BCUT2D eigenvalue weighted by Crippen LogP contribution is 2.43. The molecule has 0 aliphatic rings. The number of halogens is 21. The van der Waals surface area contributed by atoms with Crippen LogP contribution in [-0.2, 0) is 18.5 Å². The van der Waals surface area contributed by atoms with Gasteiger partial charge in [0.05, 0.1) is 0 Å². The molecule has 3 aromatic carbocycles. The second kappa shape index (κ2) is 11.8. The molecule has 0 N–H and O–H groups in total. The van der Waals surface area contributed by atoms with Crippen LogP contribution in [0, 0.1) is 69.8 Å². The van der Waals surface area contributed by atoms with E-state index >= 15 is 0 Å². The van der Waals surface area contributed by atoms with Crippen LogP contribution in [0.1, 0.15) is 16.7 Å². The molecule has 0 fully saturated rings. The third-order valence-corrected chi connectivity index (χ3v) is 5.16. The molecule has 46 heavy (non-hydrogen) atoms. The van der Waals surface area contributed by atoms with E-state index in [1.165, 1.54) is 0 Å². The maximum atomic E-state index is 14.3. The molecule has 0 bridgehead atoms. The maximum absolute atomic E-state index is 14.3. The summed E-state index contributed by atoms with van der Waals surface area (Å²) in [6.45, 7) is 0. The first kappa shape index (κ1) is 36.1. The summed E-state index contributed by atoms with van der Waals surface area (Å²) >= 11 is 0. The lowest BCUT2D eigenvalue weighted by atomic mass is 10.1. The molecule has 0 amide bonds. The van der Waals surface area contributed by atoms with Gasteiger partial charge in [0, 0.05) is 0 Å². The lowest BCUT2D eigenvalue weighted by Crippen LogP contribution is -2.39. The average Bonchev–Trinajstić information content (AvgIpc) is 2.90. The third-order valence-electron chi connectivity index (χ3n) is 5.16. The first-order valence-corrected chi connectivity index (χ1v) is 10.5. The highest BCUT2D eigenvalue weighted by atomic mass is 19.4. The second-order valence-electron chi connectivity index (χ2n) is 8.02. The van der Waals surface area contributed by atoms with E-state index in [1.807, 2.05) is 0 Å². The molecule has 0 saturated heterocycles. The normalized spacial score (nSPS) is 12.5. The molecule has 25 heteroatoms. The van der Waals surface area contributed by atoms with Crippen LogP contribution >= 0.6 is 0 Å². The standard InChI is InChI=1S/C21BF21O3/c23-4-1(19(35,36)37)5(24)11(30)16(10(4)29)44-22(45-17-12(31)6(25)2(20(38,39)40)7(26)13(17)32)46-18-14(33)8(27)3(21(41,42)43)9(28)15(18)34. The molecule has 0 heterocycles. The van der Waals surface area contributed by atoms with Crippen LogP contribution in [0.15, 0.2) is 0 Å². The van der Waals surface area contributed by atoms with E-state index in [-0.39, 0.29) is 0 Å². The molecular weight excluding hydrogens is 710 g/mol. The van der Waals surface area contributed by atoms with Gasteiger partial charge < -0.3 is 14.0 Å². The highest BCUT2D eigenvalue weighted by Gasteiger charge is 2.49. The van der Waals surface area contributed by atoms with Gasteiger partial charge in [-0.15, -0.1) is 0 Å². The van der Waals surface area contributed by atoms with E-state index in [9.17, 15) is 92.2 Å². The third kappa shape index (κ3) is 6.21. The Kier molecular flexibility index (Phi) is 9.25. The van der Waals surface area contributed by atoms with Crippen LogP contribution < -0.4 is 14.0 Å². The summed E-state index contributed by atoms with van der Waals surface area (Å²) in [6.07, 6.45) is -18.8. The van der Waals surface area contributed by atoms with Crippen LogP contribution in [0.25, 0.3) is 0 Å². The van der Waals surface area contributed by atoms with Gasteiger partial charge in [-0.1, -0.05) is 0 Å². The minimum Gasteiger partial charge on any atom is -0.484 e.